The molecule has 0 aliphatic heterocycles. The molecule has 0 saturated carbocycles. The Hall–Kier alpha value is -4.07. The van der Waals surface area contributed by atoms with E-state index >= 15 is 0 Å². The van der Waals surface area contributed by atoms with Gasteiger partial charge in [-0.2, -0.15) is 0 Å². The molecule has 8 nitrogen and oxygen atoms in total. The highest BCUT2D eigenvalue weighted by atomic mass is 16.5. The van der Waals surface area contributed by atoms with E-state index in [2.05, 4.69) is 0 Å². The zero-order valence-corrected chi connectivity index (χ0v) is 19.1. The molecule has 0 spiro atoms. The molecule has 176 valence electrons. The molecule has 8 heteroatoms. The van der Waals surface area contributed by atoms with E-state index in [0.717, 1.165) is 10.9 Å². The van der Waals surface area contributed by atoms with Crippen LogP contribution in [0.5, 0.6) is 11.5 Å². The SMILES string of the molecule is CCc1cc2c(COC(=O)CCc3c(C)c4ccc(OC)cc4oc3=O)cc(=O)oc2cc1O. The molecule has 2 aromatic carbocycles. The molecule has 0 aliphatic rings. The van der Waals surface area contributed by atoms with Crippen LogP contribution in [0.1, 0.15) is 35.6 Å². The van der Waals surface area contributed by atoms with Gasteiger partial charge in [-0.05, 0) is 49.1 Å². The Kier molecular flexibility index (Phi) is 6.40. The predicted molar refractivity (Wildman–Crippen MR) is 125 cm³/mol. The van der Waals surface area contributed by atoms with Gasteiger partial charge < -0.3 is 23.4 Å². The van der Waals surface area contributed by atoms with E-state index in [9.17, 15) is 19.5 Å². The van der Waals surface area contributed by atoms with Crippen LogP contribution in [0.2, 0.25) is 0 Å². The number of esters is 1. The summed E-state index contributed by atoms with van der Waals surface area (Å²) in [5.41, 5.74) is 1.82. The van der Waals surface area contributed by atoms with Crippen LogP contribution in [-0.2, 0) is 29.0 Å². The number of ether oxygens (including phenoxy) is 2. The van der Waals surface area contributed by atoms with Crippen molar-refractivity contribution in [1.29, 1.82) is 0 Å². The normalized spacial score (nSPS) is 11.1. The summed E-state index contributed by atoms with van der Waals surface area (Å²) in [6.45, 7) is 3.56. The van der Waals surface area contributed by atoms with E-state index in [1.807, 2.05) is 19.9 Å². The summed E-state index contributed by atoms with van der Waals surface area (Å²) < 4.78 is 21.1. The lowest BCUT2D eigenvalue weighted by molar-refractivity contribution is -0.144. The van der Waals surface area contributed by atoms with Crippen molar-refractivity contribution in [2.45, 2.75) is 39.7 Å². The first-order valence-corrected chi connectivity index (χ1v) is 10.8. The van der Waals surface area contributed by atoms with Crippen molar-refractivity contribution >= 4 is 27.9 Å². The number of phenolic OH excluding ortho intramolecular Hbond substituents is 1. The fraction of sp³-hybridized carbons (Fsp3) is 0.269. The molecule has 0 bridgehead atoms. The molecule has 2 heterocycles. The molecular formula is C26H24O8. The van der Waals surface area contributed by atoms with Crippen LogP contribution in [0.25, 0.3) is 21.9 Å². The number of aromatic hydroxyl groups is 1. The average molecular weight is 464 g/mol. The van der Waals surface area contributed by atoms with Gasteiger partial charge in [-0.3, -0.25) is 4.79 Å². The standard InChI is InChI=1S/C26H24O8/c1-4-15-9-20-16(10-25(29)33-23(20)12-21(15)27)13-32-24(28)8-7-19-14(2)18-6-5-17(31-3)11-22(18)34-26(19)30/h5-6,9-12,27H,4,7-8,13H2,1-3H3. The number of hydrogen-bond acceptors (Lipinski definition) is 8. The number of carbonyl (C=O) groups excluding carboxylic acids is 1. The van der Waals surface area contributed by atoms with E-state index in [1.165, 1.54) is 19.2 Å². The van der Waals surface area contributed by atoms with Gasteiger partial charge in [0.25, 0.3) is 0 Å². The third-order valence-electron chi connectivity index (χ3n) is 5.87. The minimum absolute atomic E-state index is 0.0341. The Morgan fingerprint density at radius 1 is 1.00 bits per heavy atom. The maximum Gasteiger partial charge on any atom is 0.339 e. The third-order valence-corrected chi connectivity index (χ3v) is 5.87. The summed E-state index contributed by atoms with van der Waals surface area (Å²) in [6, 6.07) is 9.60. The van der Waals surface area contributed by atoms with Crippen LogP contribution in [0.15, 0.2) is 54.8 Å². The van der Waals surface area contributed by atoms with Crippen molar-refractivity contribution < 1.29 is 28.2 Å². The fourth-order valence-corrected chi connectivity index (χ4v) is 3.96. The maximum atomic E-state index is 12.5. The predicted octanol–water partition coefficient (Wildman–Crippen LogP) is 4.16. The van der Waals surface area contributed by atoms with Gasteiger partial charge in [-0.25, -0.2) is 9.59 Å². The topological polar surface area (TPSA) is 116 Å². The van der Waals surface area contributed by atoms with E-state index in [4.69, 9.17) is 18.3 Å². The van der Waals surface area contributed by atoms with Gasteiger partial charge in [0.15, 0.2) is 0 Å². The second kappa shape index (κ2) is 9.43. The van der Waals surface area contributed by atoms with Gasteiger partial charge in [0.05, 0.1) is 7.11 Å². The largest absolute Gasteiger partial charge is 0.508 e. The summed E-state index contributed by atoms with van der Waals surface area (Å²) in [4.78, 5) is 36.8. The molecular weight excluding hydrogens is 440 g/mol. The maximum absolute atomic E-state index is 12.5. The van der Waals surface area contributed by atoms with Crippen LogP contribution < -0.4 is 16.0 Å². The van der Waals surface area contributed by atoms with Crippen molar-refractivity contribution in [2.75, 3.05) is 7.11 Å². The lowest BCUT2D eigenvalue weighted by atomic mass is 10.0. The van der Waals surface area contributed by atoms with Crippen molar-refractivity contribution in [1.82, 2.24) is 0 Å². The molecule has 0 amide bonds. The number of phenols is 1. The molecule has 0 atom stereocenters. The lowest BCUT2D eigenvalue weighted by Gasteiger charge is -2.10. The van der Waals surface area contributed by atoms with Crippen LogP contribution >= 0.6 is 0 Å². The van der Waals surface area contributed by atoms with Gasteiger partial charge >= 0.3 is 17.2 Å². The zero-order valence-electron chi connectivity index (χ0n) is 19.1. The fourth-order valence-electron chi connectivity index (χ4n) is 3.96. The summed E-state index contributed by atoms with van der Waals surface area (Å²) in [7, 11) is 1.53. The van der Waals surface area contributed by atoms with Gasteiger partial charge in [-0.15, -0.1) is 0 Å². The highest BCUT2D eigenvalue weighted by Crippen LogP contribution is 2.28. The summed E-state index contributed by atoms with van der Waals surface area (Å²) in [5, 5.41) is 11.4. The van der Waals surface area contributed by atoms with Crippen LogP contribution in [-0.4, -0.2) is 18.2 Å². The molecule has 0 aliphatic carbocycles. The number of hydrogen-bond donors (Lipinski definition) is 1. The molecule has 4 aromatic rings. The Labute approximate surface area is 194 Å². The van der Waals surface area contributed by atoms with Crippen molar-refractivity contribution in [2.24, 2.45) is 0 Å². The molecule has 4 rings (SSSR count). The van der Waals surface area contributed by atoms with E-state index in [-0.39, 0.29) is 30.8 Å². The minimum atomic E-state index is -0.608. The first-order valence-electron chi connectivity index (χ1n) is 10.8. The quantitative estimate of drug-likeness (QED) is 0.320. The Morgan fingerprint density at radius 3 is 2.50 bits per heavy atom. The Bertz CT molecular complexity index is 1510. The Morgan fingerprint density at radius 2 is 1.76 bits per heavy atom. The zero-order chi connectivity index (χ0) is 24.4. The number of carbonyl (C=O) groups is 1. The first-order chi connectivity index (χ1) is 16.3. The van der Waals surface area contributed by atoms with Gasteiger partial charge in [0, 0.05) is 46.5 Å². The van der Waals surface area contributed by atoms with Crippen molar-refractivity contribution in [3.8, 4) is 11.5 Å². The van der Waals surface area contributed by atoms with E-state index < -0.39 is 17.2 Å². The van der Waals surface area contributed by atoms with Gasteiger partial charge in [-0.1, -0.05) is 6.92 Å². The molecule has 0 radical (unpaired) electrons. The van der Waals surface area contributed by atoms with Gasteiger partial charge in [0.2, 0.25) is 0 Å². The number of fused-ring (bicyclic) bond motifs is 2. The van der Waals surface area contributed by atoms with Crippen LogP contribution in [0.3, 0.4) is 0 Å². The van der Waals surface area contributed by atoms with Crippen LogP contribution in [0, 0.1) is 6.92 Å². The molecule has 34 heavy (non-hydrogen) atoms. The number of rotatable bonds is 7. The van der Waals surface area contributed by atoms with E-state index in [1.54, 1.807) is 18.2 Å². The highest BCUT2D eigenvalue weighted by molar-refractivity contribution is 5.84. The number of benzene rings is 2. The molecule has 0 unspecified atom stereocenters. The first kappa shape index (κ1) is 23.1. The van der Waals surface area contributed by atoms with Crippen LogP contribution in [0.4, 0.5) is 0 Å². The lowest BCUT2D eigenvalue weighted by Crippen LogP contribution is -2.14. The number of methoxy groups -OCH3 is 1. The second-order valence-electron chi connectivity index (χ2n) is 7.94. The molecule has 0 saturated heterocycles. The van der Waals surface area contributed by atoms with Crippen molar-refractivity contribution in [3.05, 3.63) is 79.5 Å². The highest BCUT2D eigenvalue weighted by Gasteiger charge is 2.16. The molecule has 2 aromatic heterocycles. The number of aryl methyl sites for hydroxylation is 2. The average Bonchev–Trinajstić information content (AvgIpc) is 2.81. The van der Waals surface area contributed by atoms with Gasteiger partial charge in [0.1, 0.15) is 29.3 Å². The van der Waals surface area contributed by atoms with Crippen molar-refractivity contribution in [3.63, 3.8) is 0 Å². The smallest absolute Gasteiger partial charge is 0.339 e. The monoisotopic (exact) mass is 464 g/mol. The third kappa shape index (κ3) is 4.52. The summed E-state index contributed by atoms with van der Waals surface area (Å²) in [5.74, 6) is 0.0926. The van der Waals surface area contributed by atoms with E-state index in [0.29, 0.717) is 39.8 Å². The minimum Gasteiger partial charge on any atom is -0.508 e. The molecule has 0 fully saturated rings. The summed E-state index contributed by atoms with van der Waals surface area (Å²) >= 11 is 0. The second-order valence-corrected chi connectivity index (χ2v) is 7.94. The summed E-state index contributed by atoms with van der Waals surface area (Å²) in [6.07, 6.45) is 0.703. The Balaban J connectivity index is 1.50. The molecule has 1 N–H and O–H groups in total.